The number of rotatable bonds is 2. The summed E-state index contributed by atoms with van der Waals surface area (Å²) < 4.78 is 14.8. The average molecular weight is 401 g/mol. The minimum atomic E-state index is -0.443. The normalized spacial score (nSPS) is 10.4. The van der Waals surface area contributed by atoms with Crippen molar-refractivity contribution in [2.75, 3.05) is 5.32 Å². The summed E-state index contributed by atoms with van der Waals surface area (Å²) in [5.74, 6) is -0.793. The molecule has 0 atom stereocenters. The summed E-state index contributed by atoms with van der Waals surface area (Å²) in [6.07, 6.45) is 0. The van der Waals surface area contributed by atoms with Crippen LogP contribution in [0.4, 0.5) is 10.1 Å². The van der Waals surface area contributed by atoms with Crippen LogP contribution in [0.2, 0.25) is 0 Å². The highest BCUT2D eigenvalue weighted by Gasteiger charge is 2.12. The van der Waals surface area contributed by atoms with Crippen LogP contribution in [0.1, 0.15) is 21.5 Å². The van der Waals surface area contributed by atoms with Crippen LogP contribution in [0.15, 0.2) is 39.3 Å². The van der Waals surface area contributed by atoms with Crippen LogP contribution in [0.25, 0.3) is 0 Å². The molecular weight excluding hydrogens is 389 g/mol. The fraction of sp³-hybridized carbons (Fsp3) is 0.133. The Balaban J connectivity index is 2.30. The maximum Gasteiger partial charge on any atom is 0.256 e. The van der Waals surface area contributed by atoms with E-state index in [4.69, 9.17) is 0 Å². The van der Waals surface area contributed by atoms with Gasteiger partial charge in [-0.15, -0.1) is 0 Å². The van der Waals surface area contributed by atoms with E-state index in [1.54, 1.807) is 0 Å². The van der Waals surface area contributed by atoms with Gasteiger partial charge in [-0.3, -0.25) is 4.79 Å². The number of carbonyl (C=O) groups is 1. The number of nitrogens with one attached hydrogen (secondary N) is 1. The molecule has 0 spiro atoms. The number of anilines is 1. The van der Waals surface area contributed by atoms with E-state index in [1.807, 2.05) is 26.0 Å². The predicted octanol–water partition coefficient (Wildman–Crippen LogP) is 5.22. The molecule has 0 aliphatic rings. The quantitative estimate of drug-likeness (QED) is 0.735. The molecule has 0 saturated heterocycles. The lowest BCUT2D eigenvalue weighted by molar-refractivity contribution is 0.102. The molecule has 1 amide bonds. The second-order valence-corrected chi connectivity index (χ2v) is 6.15. The van der Waals surface area contributed by atoms with Gasteiger partial charge in [0.2, 0.25) is 0 Å². The number of benzene rings is 2. The average Bonchev–Trinajstić information content (AvgIpc) is 2.38. The zero-order chi connectivity index (χ0) is 14.9. The van der Waals surface area contributed by atoms with Gasteiger partial charge in [0.15, 0.2) is 0 Å². The lowest BCUT2D eigenvalue weighted by Crippen LogP contribution is -2.13. The third-order valence-corrected chi connectivity index (χ3v) is 4.81. The van der Waals surface area contributed by atoms with Crippen LogP contribution < -0.4 is 5.32 Å². The van der Waals surface area contributed by atoms with E-state index in [2.05, 4.69) is 37.2 Å². The highest BCUT2D eigenvalue weighted by atomic mass is 79.9. The second kappa shape index (κ2) is 6.06. The topological polar surface area (TPSA) is 29.1 Å². The van der Waals surface area contributed by atoms with Crippen molar-refractivity contribution in [1.82, 2.24) is 0 Å². The Morgan fingerprint density at radius 2 is 1.70 bits per heavy atom. The van der Waals surface area contributed by atoms with Gasteiger partial charge in [-0.25, -0.2) is 4.39 Å². The van der Waals surface area contributed by atoms with Gasteiger partial charge in [0.05, 0.1) is 5.56 Å². The first-order valence-corrected chi connectivity index (χ1v) is 7.50. The van der Waals surface area contributed by atoms with E-state index in [1.165, 1.54) is 18.2 Å². The largest absolute Gasteiger partial charge is 0.322 e. The number of aryl methyl sites for hydroxylation is 2. The first kappa shape index (κ1) is 15.2. The number of hydrogen-bond acceptors (Lipinski definition) is 1. The predicted molar refractivity (Wildman–Crippen MR) is 85.7 cm³/mol. The minimum absolute atomic E-state index is 0.267. The van der Waals surface area contributed by atoms with Crippen molar-refractivity contribution in [3.05, 3.63) is 61.8 Å². The fourth-order valence-corrected chi connectivity index (χ4v) is 2.54. The second-order valence-electron chi connectivity index (χ2n) is 4.50. The lowest BCUT2D eigenvalue weighted by atomic mass is 10.1. The van der Waals surface area contributed by atoms with E-state index in [0.717, 1.165) is 15.6 Å². The summed E-state index contributed by atoms with van der Waals surface area (Å²) in [5.41, 5.74) is 3.00. The Labute approximate surface area is 133 Å². The van der Waals surface area contributed by atoms with Gasteiger partial charge >= 0.3 is 0 Å². The zero-order valence-electron chi connectivity index (χ0n) is 10.9. The molecule has 5 heteroatoms. The van der Waals surface area contributed by atoms with Crippen molar-refractivity contribution in [3.8, 4) is 0 Å². The van der Waals surface area contributed by atoms with Crippen LogP contribution in [0, 0.1) is 19.7 Å². The number of amides is 1. The Kier molecular flexibility index (Phi) is 4.60. The van der Waals surface area contributed by atoms with Gasteiger partial charge in [0, 0.05) is 14.6 Å². The van der Waals surface area contributed by atoms with Gasteiger partial charge in [-0.05, 0) is 71.2 Å². The number of carbonyl (C=O) groups excluding carboxylic acids is 1. The van der Waals surface area contributed by atoms with Gasteiger partial charge in [0.1, 0.15) is 5.82 Å². The summed E-state index contributed by atoms with van der Waals surface area (Å²) in [5, 5.41) is 2.78. The zero-order valence-corrected chi connectivity index (χ0v) is 14.1. The first-order chi connectivity index (χ1) is 9.38. The van der Waals surface area contributed by atoms with Crippen molar-refractivity contribution in [2.45, 2.75) is 13.8 Å². The Morgan fingerprint density at radius 1 is 1.10 bits per heavy atom. The van der Waals surface area contributed by atoms with Gasteiger partial charge in [0.25, 0.3) is 5.91 Å². The summed E-state index contributed by atoms with van der Waals surface area (Å²) in [6.45, 7) is 3.90. The molecule has 2 aromatic carbocycles. The molecule has 2 nitrogen and oxygen atoms in total. The monoisotopic (exact) mass is 399 g/mol. The Bertz CT molecular complexity index is 663. The highest BCUT2D eigenvalue weighted by molar-refractivity contribution is 9.10. The van der Waals surface area contributed by atoms with Gasteiger partial charge in [-0.2, -0.15) is 0 Å². The van der Waals surface area contributed by atoms with Gasteiger partial charge in [-0.1, -0.05) is 15.9 Å². The molecular formula is C15H12Br2FNO. The standard InChI is InChI=1S/C15H12Br2FNO/c1-8-5-11(6-9(2)14(8)17)19-15(20)12-7-10(18)3-4-13(12)16/h3-7H,1-2H3,(H,19,20). The Morgan fingerprint density at radius 3 is 2.30 bits per heavy atom. The maximum atomic E-state index is 13.2. The number of hydrogen-bond donors (Lipinski definition) is 1. The van der Waals surface area contributed by atoms with Crippen molar-refractivity contribution < 1.29 is 9.18 Å². The van der Waals surface area contributed by atoms with Crippen molar-refractivity contribution in [1.29, 1.82) is 0 Å². The van der Waals surface area contributed by atoms with Crippen molar-refractivity contribution in [3.63, 3.8) is 0 Å². The van der Waals surface area contributed by atoms with Crippen LogP contribution in [0.5, 0.6) is 0 Å². The maximum absolute atomic E-state index is 13.2. The highest BCUT2D eigenvalue weighted by Crippen LogP contribution is 2.26. The van der Waals surface area contributed by atoms with E-state index >= 15 is 0 Å². The molecule has 0 unspecified atom stereocenters. The minimum Gasteiger partial charge on any atom is -0.322 e. The number of halogens is 3. The van der Waals surface area contributed by atoms with Crippen LogP contribution >= 0.6 is 31.9 Å². The van der Waals surface area contributed by atoms with Crippen molar-refractivity contribution >= 4 is 43.5 Å². The lowest BCUT2D eigenvalue weighted by Gasteiger charge is -2.10. The molecule has 104 valence electrons. The SMILES string of the molecule is Cc1cc(NC(=O)c2cc(F)ccc2Br)cc(C)c1Br. The van der Waals surface area contributed by atoms with Crippen LogP contribution in [-0.2, 0) is 0 Å². The summed E-state index contributed by atoms with van der Waals surface area (Å²) in [7, 11) is 0. The molecule has 20 heavy (non-hydrogen) atoms. The molecule has 0 bridgehead atoms. The molecule has 0 aromatic heterocycles. The van der Waals surface area contributed by atoms with E-state index in [0.29, 0.717) is 10.2 Å². The van der Waals surface area contributed by atoms with E-state index in [-0.39, 0.29) is 11.5 Å². The third kappa shape index (κ3) is 3.27. The molecule has 2 rings (SSSR count). The smallest absolute Gasteiger partial charge is 0.256 e. The summed E-state index contributed by atoms with van der Waals surface area (Å²) in [6, 6.07) is 7.75. The van der Waals surface area contributed by atoms with Gasteiger partial charge < -0.3 is 5.32 Å². The van der Waals surface area contributed by atoms with Crippen LogP contribution in [0.3, 0.4) is 0 Å². The van der Waals surface area contributed by atoms with E-state index < -0.39 is 5.82 Å². The molecule has 0 fully saturated rings. The fourth-order valence-electron chi connectivity index (χ4n) is 1.89. The molecule has 1 N–H and O–H groups in total. The van der Waals surface area contributed by atoms with Crippen molar-refractivity contribution in [2.24, 2.45) is 0 Å². The van der Waals surface area contributed by atoms with Crippen LogP contribution in [-0.4, -0.2) is 5.91 Å². The molecule has 0 aliphatic carbocycles. The molecule has 0 saturated carbocycles. The Hall–Kier alpha value is -1.20. The first-order valence-electron chi connectivity index (χ1n) is 5.91. The third-order valence-electron chi connectivity index (χ3n) is 2.87. The summed E-state index contributed by atoms with van der Waals surface area (Å²) in [4.78, 5) is 12.2. The molecule has 2 aromatic rings. The molecule has 0 radical (unpaired) electrons. The molecule has 0 heterocycles. The van der Waals surface area contributed by atoms with E-state index in [9.17, 15) is 9.18 Å². The molecule has 0 aliphatic heterocycles. The summed E-state index contributed by atoms with van der Waals surface area (Å²) >= 11 is 6.73.